The Labute approximate surface area is 116 Å². The van der Waals surface area contributed by atoms with Gasteiger partial charge in [0.05, 0.1) is 6.04 Å². The van der Waals surface area contributed by atoms with Crippen LogP contribution in [0.2, 0.25) is 0 Å². The molecule has 3 N–H and O–H groups in total. The molecule has 0 spiro atoms. The van der Waals surface area contributed by atoms with Gasteiger partial charge in [0.25, 0.3) is 0 Å². The minimum absolute atomic E-state index is 0.0151. The van der Waals surface area contributed by atoms with E-state index in [2.05, 4.69) is 43.4 Å². The van der Waals surface area contributed by atoms with Crippen LogP contribution in [0.4, 0.5) is 0 Å². The highest BCUT2D eigenvalue weighted by Crippen LogP contribution is 2.16. The highest BCUT2D eigenvalue weighted by Gasteiger charge is 2.14. The van der Waals surface area contributed by atoms with E-state index in [1.165, 1.54) is 5.56 Å². The summed E-state index contributed by atoms with van der Waals surface area (Å²) in [5.74, 6) is 0.539. The molecule has 3 nitrogen and oxygen atoms in total. The van der Waals surface area contributed by atoms with Crippen molar-refractivity contribution in [3.05, 3.63) is 35.4 Å². The number of carbonyl (C=O) groups excluding carboxylic acids is 1. The Morgan fingerprint density at radius 1 is 1.16 bits per heavy atom. The third kappa shape index (κ3) is 5.03. The van der Waals surface area contributed by atoms with Crippen LogP contribution in [0.3, 0.4) is 0 Å². The molecule has 0 saturated carbocycles. The third-order valence-corrected chi connectivity index (χ3v) is 3.28. The van der Waals surface area contributed by atoms with Crippen LogP contribution in [0.25, 0.3) is 0 Å². The average molecular weight is 262 g/mol. The van der Waals surface area contributed by atoms with Gasteiger partial charge in [-0.3, -0.25) is 4.79 Å². The first-order valence-electron chi connectivity index (χ1n) is 7.03. The van der Waals surface area contributed by atoms with Crippen LogP contribution in [0.1, 0.15) is 44.9 Å². The number of benzene rings is 1. The van der Waals surface area contributed by atoms with Crippen molar-refractivity contribution in [2.75, 3.05) is 6.54 Å². The lowest BCUT2D eigenvalue weighted by molar-refractivity contribution is -0.124. The van der Waals surface area contributed by atoms with E-state index in [0.717, 1.165) is 12.0 Å². The van der Waals surface area contributed by atoms with Crippen molar-refractivity contribution in [1.82, 2.24) is 5.32 Å². The molecule has 0 aromatic heterocycles. The molecular weight excluding hydrogens is 236 g/mol. The van der Waals surface area contributed by atoms with Crippen molar-refractivity contribution >= 4 is 5.91 Å². The van der Waals surface area contributed by atoms with E-state index in [1.54, 1.807) is 0 Å². The maximum Gasteiger partial charge on any atom is 0.224 e. The van der Waals surface area contributed by atoms with Crippen molar-refractivity contribution in [3.63, 3.8) is 0 Å². The van der Waals surface area contributed by atoms with E-state index in [1.807, 2.05) is 13.8 Å². The summed E-state index contributed by atoms with van der Waals surface area (Å²) >= 11 is 0. The Morgan fingerprint density at radius 2 is 1.74 bits per heavy atom. The van der Waals surface area contributed by atoms with Crippen LogP contribution in [0.5, 0.6) is 0 Å². The highest BCUT2D eigenvalue weighted by molar-refractivity contribution is 5.78. The number of amides is 1. The van der Waals surface area contributed by atoms with E-state index >= 15 is 0 Å². The second-order valence-corrected chi connectivity index (χ2v) is 5.71. The highest BCUT2D eigenvalue weighted by atomic mass is 16.1. The average Bonchev–Trinajstić information content (AvgIpc) is 2.37. The van der Waals surface area contributed by atoms with Gasteiger partial charge in [-0.25, -0.2) is 0 Å². The summed E-state index contributed by atoms with van der Waals surface area (Å²) in [6.45, 7) is 8.65. The van der Waals surface area contributed by atoms with Crippen molar-refractivity contribution in [2.24, 2.45) is 17.6 Å². The SMILES string of the molecule is CC(C)Cc1ccc(C(C)NC(=O)C(C)CN)cc1. The minimum Gasteiger partial charge on any atom is -0.349 e. The summed E-state index contributed by atoms with van der Waals surface area (Å²) in [5.41, 5.74) is 7.96. The van der Waals surface area contributed by atoms with Gasteiger partial charge in [-0.05, 0) is 30.4 Å². The van der Waals surface area contributed by atoms with Gasteiger partial charge >= 0.3 is 0 Å². The van der Waals surface area contributed by atoms with Crippen LogP contribution < -0.4 is 11.1 Å². The molecule has 2 unspecified atom stereocenters. The Kier molecular flexibility index (Phi) is 6.03. The first-order chi connectivity index (χ1) is 8.93. The third-order valence-electron chi connectivity index (χ3n) is 3.28. The summed E-state index contributed by atoms with van der Waals surface area (Å²) in [6.07, 6.45) is 1.09. The van der Waals surface area contributed by atoms with Gasteiger partial charge in [0.2, 0.25) is 5.91 Å². The molecule has 0 aliphatic heterocycles. The molecule has 106 valence electrons. The van der Waals surface area contributed by atoms with Crippen LogP contribution in [0.15, 0.2) is 24.3 Å². The fraction of sp³-hybridized carbons (Fsp3) is 0.562. The summed E-state index contributed by atoms with van der Waals surface area (Å²) in [6, 6.07) is 8.50. The molecule has 1 aromatic carbocycles. The molecule has 2 atom stereocenters. The summed E-state index contributed by atoms with van der Waals surface area (Å²) in [4.78, 5) is 11.8. The smallest absolute Gasteiger partial charge is 0.224 e. The normalized spacial score (nSPS) is 14.2. The molecule has 0 saturated heterocycles. The zero-order valence-corrected chi connectivity index (χ0v) is 12.4. The minimum atomic E-state index is -0.136. The van der Waals surface area contributed by atoms with Gasteiger partial charge in [0.1, 0.15) is 0 Å². The molecule has 0 heterocycles. The Hall–Kier alpha value is -1.35. The van der Waals surface area contributed by atoms with Gasteiger partial charge in [0, 0.05) is 12.5 Å². The van der Waals surface area contributed by atoms with Gasteiger partial charge < -0.3 is 11.1 Å². The Morgan fingerprint density at radius 3 is 2.21 bits per heavy atom. The number of hydrogen-bond donors (Lipinski definition) is 2. The van der Waals surface area contributed by atoms with Crippen molar-refractivity contribution in [1.29, 1.82) is 0 Å². The van der Waals surface area contributed by atoms with Gasteiger partial charge in [-0.15, -0.1) is 0 Å². The van der Waals surface area contributed by atoms with Gasteiger partial charge in [-0.2, -0.15) is 0 Å². The quantitative estimate of drug-likeness (QED) is 0.828. The lowest BCUT2D eigenvalue weighted by atomic mass is 9.99. The first kappa shape index (κ1) is 15.7. The van der Waals surface area contributed by atoms with Crippen LogP contribution >= 0.6 is 0 Å². The maximum atomic E-state index is 11.8. The molecule has 3 heteroatoms. The Balaban J connectivity index is 2.62. The number of rotatable bonds is 6. The van der Waals surface area contributed by atoms with Gasteiger partial charge in [0.15, 0.2) is 0 Å². The van der Waals surface area contributed by atoms with Crippen molar-refractivity contribution in [2.45, 2.75) is 40.2 Å². The fourth-order valence-electron chi connectivity index (χ4n) is 1.96. The molecule has 0 bridgehead atoms. The molecule has 1 aromatic rings. The van der Waals surface area contributed by atoms with Crippen molar-refractivity contribution in [3.8, 4) is 0 Å². The number of nitrogens with two attached hydrogens (primary N) is 1. The van der Waals surface area contributed by atoms with E-state index in [-0.39, 0.29) is 17.9 Å². The maximum absolute atomic E-state index is 11.8. The van der Waals surface area contributed by atoms with E-state index < -0.39 is 0 Å². The lowest BCUT2D eigenvalue weighted by Crippen LogP contribution is -2.34. The molecule has 0 fully saturated rings. The molecule has 1 rings (SSSR count). The second-order valence-electron chi connectivity index (χ2n) is 5.71. The predicted molar refractivity (Wildman–Crippen MR) is 79.8 cm³/mol. The molecule has 0 radical (unpaired) electrons. The Bertz CT molecular complexity index is 398. The number of hydrogen-bond acceptors (Lipinski definition) is 2. The molecule has 19 heavy (non-hydrogen) atoms. The van der Waals surface area contributed by atoms with Crippen LogP contribution in [-0.4, -0.2) is 12.5 Å². The summed E-state index contributed by atoms with van der Waals surface area (Å²) in [5, 5.41) is 2.99. The second kappa shape index (κ2) is 7.29. The predicted octanol–water partition coefficient (Wildman–Crippen LogP) is 2.66. The number of nitrogens with one attached hydrogen (secondary N) is 1. The first-order valence-corrected chi connectivity index (χ1v) is 7.03. The summed E-state index contributed by atoms with van der Waals surface area (Å²) < 4.78 is 0. The fourth-order valence-corrected chi connectivity index (χ4v) is 1.96. The van der Waals surface area contributed by atoms with Crippen molar-refractivity contribution < 1.29 is 4.79 Å². The monoisotopic (exact) mass is 262 g/mol. The molecule has 0 aliphatic rings. The van der Waals surface area contributed by atoms with Crippen LogP contribution in [0, 0.1) is 11.8 Å². The summed E-state index contributed by atoms with van der Waals surface area (Å²) in [7, 11) is 0. The lowest BCUT2D eigenvalue weighted by Gasteiger charge is -2.17. The van der Waals surface area contributed by atoms with Gasteiger partial charge in [-0.1, -0.05) is 45.0 Å². The molecule has 0 aliphatic carbocycles. The molecular formula is C16H26N2O. The van der Waals surface area contributed by atoms with Crippen LogP contribution in [-0.2, 0) is 11.2 Å². The largest absolute Gasteiger partial charge is 0.349 e. The van der Waals surface area contributed by atoms with E-state index in [9.17, 15) is 4.79 Å². The van der Waals surface area contributed by atoms with E-state index in [0.29, 0.717) is 12.5 Å². The zero-order valence-electron chi connectivity index (χ0n) is 12.4. The van der Waals surface area contributed by atoms with E-state index in [4.69, 9.17) is 5.73 Å². The molecule has 1 amide bonds. The topological polar surface area (TPSA) is 55.1 Å². The number of carbonyl (C=O) groups is 1. The standard InChI is InChI=1S/C16H26N2O/c1-11(2)9-14-5-7-15(8-6-14)13(4)18-16(19)12(3)10-17/h5-8,11-13H,9-10,17H2,1-4H3,(H,18,19). The zero-order chi connectivity index (χ0) is 14.4.